The van der Waals surface area contributed by atoms with Gasteiger partial charge in [0.05, 0.1) is 12.9 Å². The van der Waals surface area contributed by atoms with Crippen LogP contribution in [-0.4, -0.2) is 40.2 Å². The molecule has 1 aliphatic heterocycles. The molecule has 1 aromatic heterocycles. The van der Waals surface area contributed by atoms with E-state index in [9.17, 15) is 4.79 Å². The number of ether oxygens (including phenoxy) is 3. The van der Waals surface area contributed by atoms with E-state index in [0.29, 0.717) is 28.0 Å². The van der Waals surface area contributed by atoms with Gasteiger partial charge in [0.15, 0.2) is 28.3 Å². The lowest BCUT2D eigenvalue weighted by Crippen LogP contribution is -2.05. The van der Waals surface area contributed by atoms with Gasteiger partial charge >= 0.3 is 0 Å². The van der Waals surface area contributed by atoms with Crippen LogP contribution in [0.25, 0.3) is 17.1 Å². The first kappa shape index (κ1) is 21.1. The van der Waals surface area contributed by atoms with E-state index < -0.39 is 0 Å². The molecule has 3 aromatic carbocycles. The first-order valence-electron chi connectivity index (χ1n) is 10.3. The molecular formula is C25H21N3O4S. The first-order valence-corrected chi connectivity index (χ1v) is 11.3. The first-order chi connectivity index (χ1) is 16.1. The number of benzene rings is 3. The van der Waals surface area contributed by atoms with Crippen LogP contribution in [0, 0.1) is 6.92 Å². The minimum atomic E-state index is -0.0252. The fourth-order valence-electron chi connectivity index (χ4n) is 3.50. The lowest BCUT2D eigenvalue weighted by atomic mass is 10.1. The van der Waals surface area contributed by atoms with Gasteiger partial charge in [-0.3, -0.25) is 9.36 Å². The zero-order chi connectivity index (χ0) is 22.8. The summed E-state index contributed by atoms with van der Waals surface area (Å²) in [4.78, 5) is 12.9. The summed E-state index contributed by atoms with van der Waals surface area (Å²) in [6.45, 7) is 2.22. The standard InChI is InChI=1S/C25H21N3O4S/c1-16-3-8-19(9-4-16)28-24(17-5-10-20(30-2)11-6-17)26-27-25(28)33-14-21(29)18-7-12-22-23(13-18)32-15-31-22/h3-13H,14-15H2,1-2H3. The molecule has 0 saturated carbocycles. The fraction of sp³-hybridized carbons (Fsp3) is 0.160. The Labute approximate surface area is 195 Å². The molecule has 0 spiro atoms. The van der Waals surface area contributed by atoms with Gasteiger partial charge in [-0.05, 0) is 61.5 Å². The van der Waals surface area contributed by atoms with Gasteiger partial charge in [0, 0.05) is 16.8 Å². The predicted octanol–water partition coefficient (Wildman–Crippen LogP) is 4.96. The van der Waals surface area contributed by atoms with Crippen LogP contribution in [0.2, 0.25) is 0 Å². The van der Waals surface area contributed by atoms with E-state index in [1.54, 1.807) is 25.3 Å². The van der Waals surface area contributed by atoms with E-state index in [0.717, 1.165) is 22.6 Å². The van der Waals surface area contributed by atoms with Gasteiger partial charge in [0.1, 0.15) is 5.75 Å². The summed E-state index contributed by atoms with van der Waals surface area (Å²) in [7, 11) is 1.63. The third-order valence-corrected chi connectivity index (χ3v) is 6.23. The highest BCUT2D eigenvalue weighted by Crippen LogP contribution is 2.34. The molecule has 4 aromatic rings. The molecule has 5 rings (SSSR count). The average molecular weight is 460 g/mol. The highest BCUT2D eigenvalue weighted by molar-refractivity contribution is 7.99. The Morgan fingerprint density at radius 3 is 2.52 bits per heavy atom. The molecule has 33 heavy (non-hydrogen) atoms. The molecule has 0 bridgehead atoms. The molecule has 2 heterocycles. The second-order valence-corrected chi connectivity index (χ2v) is 8.43. The van der Waals surface area contributed by atoms with Crippen LogP contribution in [0.3, 0.4) is 0 Å². The number of thioether (sulfide) groups is 1. The third kappa shape index (κ3) is 4.29. The summed E-state index contributed by atoms with van der Waals surface area (Å²) >= 11 is 1.35. The molecule has 166 valence electrons. The molecule has 0 N–H and O–H groups in total. The van der Waals surface area contributed by atoms with E-state index in [2.05, 4.69) is 10.2 Å². The van der Waals surface area contributed by atoms with Crippen molar-refractivity contribution in [1.82, 2.24) is 14.8 Å². The number of aromatic nitrogens is 3. The Balaban J connectivity index is 1.44. The number of carbonyl (C=O) groups is 1. The minimum absolute atomic E-state index is 0.0252. The van der Waals surface area contributed by atoms with Gasteiger partial charge in [-0.2, -0.15) is 0 Å². The van der Waals surface area contributed by atoms with Crippen molar-refractivity contribution in [1.29, 1.82) is 0 Å². The maximum Gasteiger partial charge on any atom is 0.231 e. The van der Waals surface area contributed by atoms with Crippen molar-refractivity contribution >= 4 is 17.5 Å². The zero-order valence-corrected chi connectivity index (χ0v) is 19.0. The molecule has 7 nitrogen and oxygen atoms in total. The van der Waals surface area contributed by atoms with Crippen molar-refractivity contribution in [2.24, 2.45) is 0 Å². The summed E-state index contributed by atoms with van der Waals surface area (Å²) in [6.07, 6.45) is 0. The third-order valence-electron chi connectivity index (χ3n) is 5.30. The Bertz CT molecular complexity index is 1300. The fourth-order valence-corrected chi connectivity index (χ4v) is 4.35. The van der Waals surface area contributed by atoms with Crippen molar-refractivity contribution in [3.8, 4) is 34.3 Å². The molecular weight excluding hydrogens is 438 g/mol. The van der Waals surface area contributed by atoms with E-state index in [1.165, 1.54) is 11.8 Å². The minimum Gasteiger partial charge on any atom is -0.497 e. The van der Waals surface area contributed by atoms with Crippen molar-refractivity contribution in [3.05, 3.63) is 77.9 Å². The van der Waals surface area contributed by atoms with Crippen LogP contribution in [0.15, 0.2) is 71.9 Å². The number of methoxy groups -OCH3 is 1. The van der Waals surface area contributed by atoms with Gasteiger partial charge < -0.3 is 14.2 Å². The second kappa shape index (κ2) is 8.99. The van der Waals surface area contributed by atoms with Gasteiger partial charge in [0.25, 0.3) is 0 Å². The number of rotatable bonds is 7. The molecule has 8 heteroatoms. The van der Waals surface area contributed by atoms with Crippen LogP contribution in [0.5, 0.6) is 17.2 Å². The van der Waals surface area contributed by atoms with Crippen LogP contribution in [0.1, 0.15) is 15.9 Å². The molecule has 0 saturated heterocycles. The van der Waals surface area contributed by atoms with Crippen LogP contribution in [0.4, 0.5) is 0 Å². The Kier molecular flexibility index (Phi) is 5.75. The Morgan fingerprint density at radius 1 is 1.00 bits per heavy atom. The summed E-state index contributed by atoms with van der Waals surface area (Å²) in [5.41, 5.74) is 3.56. The zero-order valence-electron chi connectivity index (χ0n) is 18.1. The van der Waals surface area contributed by atoms with E-state index in [-0.39, 0.29) is 18.3 Å². The Hall–Kier alpha value is -3.78. The number of nitrogens with zero attached hydrogens (tertiary/aromatic N) is 3. The number of hydrogen-bond donors (Lipinski definition) is 0. The molecule has 0 aliphatic carbocycles. The van der Waals surface area contributed by atoms with Gasteiger partial charge in [-0.25, -0.2) is 0 Å². The van der Waals surface area contributed by atoms with Crippen molar-refractivity contribution in [2.75, 3.05) is 19.7 Å². The maximum absolute atomic E-state index is 12.9. The number of fused-ring (bicyclic) bond motifs is 1. The van der Waals surface area contributed by atoms with Gasteiger partial charge in [-0.1, -0.05) is 29.5 Å². The largest absolute Gasteiger partial charge is 0.497 e. The van der Waals surface area contributed by atoms with E-state index >= 15 is 0 Å². The highest BCUT2D eigenvalue weighted by Gasteiger charge is 2.20. The smallest absolute Gasteiger partial charge is 0.231 e. The van der Waals surface area contributed by atoms with Gasteiger partial charge in [-0.15, -0.1) is 10.2 Å². The number of ketones is 1. The van der Waals surface area contributed by atoms with E-state index in [4.69, 9.17) is 14.2 Å². The number of carbonyl (C=O) groups excluding carboxylic acids is 1. The van der Waals surface area contributed by atoms with Crippen LogP contribution < -0.4 is 14.2 Å². The number of aryl methyl sites for hydroxylation is 1. The second-order valence-electron chi connectivity index (χ2n) is 7.49. The molecule has 0 atom stereocenters. The average Bonchev–Trinajstić information content (AvgIpc) is 3.49. The summed E-state index contributed by atoms with van der Waals surface area (Å²) in [5, 5.41) is 9.49. The highest BCUT2D eigenvalue weighted by atomic mass is 32.2. The van der Waals surface area contributed by atoms with Crippen LogP contribution in [-0.2, 0) is 0 Å². The summed E-state index contributed by atoms with van der Waals surface area (Å²) in [5.74, 6) is 2.90. The van der Waals surface area contributed by atoms with Crippen molar-refractivity contribution < 1.29 is 19.0 Å². The molecule has 0 radical (unpaired) electrons. The predicted molar refractivity (Wildman–Crippen MR) is 126 cm³/mol. The Morgan fingerprint density at radius 2 is 1.76 bits per heavy atom. The lowest BCUT2D eigenvalue weighted by Gasteiger charge is -2.11. The monoisotopic (exact) mass is 459 g/mol. The van der Waals surface area contributed by atoms with Crippen LogP contribution >= 0.6 is 11.8 Å². The summed E-state index contributed by atoms with van der Waals surface area (Å²) in [6, 6.07) is 21.0. The maximum atomic E-state index is 12.9. The molecule has 1 aliphatic rings. The SMILES string of the molecule is COc1ccc(-c2nnc(SCC(=O)c3ccc4c(c3)OCO4)n2-c2ccc(C)cc2)cc1. The van der Waals surface area contributed by atoms with Crippen molar-refractivity contribution in [3.63, 3.8) is 0 Å². The topological polar surface area (TPSA) is 75.5 Å². The number of Topliss-reactive ketones (excluding diaryl/α,β-unsaturated/α-hetero) is 1. The quantitative estimate of drug-likeness (QED) is 0.286. The molecule has 0 fully saturated rings. The van der Waals surface area contributed by atoms with Gasteiger partial charge in [0.2, 0.25) is 6.79 Å². The number of hydrogen-bond acceptors (Lipinski definition) is 7. The summed E-state index contributed by atoms with van der Waals surface area (Å²) < 4.78 is 18.0. The molecule has 0 unspecified atom stereocenters. The normalized spacial score (nSPS) is 12.1. The lowest BCUT2D eigenvalue weighted by molar-refractivity contribution is 0.102. The van der Waals surface area contributed by atoms with Crippen molar-refractivity contribution in [2.45, 2.75) is 12.1 Å². The van der Waals surface area contributed by atoms with E-state index in [1.807, 2.05) is 60.0 Å². The molecule has 0 amide bonds.